The van der Waals surface area contributed by atoms with Crippen LogP contribution in [0.2, 0.25) is 0 Å². The molecule has 0 unspecified atom stereocenters. The lowest BCUT2D eigenvalue weighted by Gasteiger charge is -2.03. The number of benzene rings is 1. The average Bonchev–Trinajstić information content (AvgIpc) is 2.89. The SMILES string of the molecule is Fc1ccc2c(c1)cc(Br)n2C1CC1. The third-order valence-corrected chi connectivity index (χ3v) is 3.28. The van der Waals surface area contributed by atoms with Gasteiger partial charge in [0.2, 0.25) is 0 Å². The molecule has 14 heavy (non-hydrogen) atoms. The Bertz CT molecular complexity index is 499. The normalized spacial score (nSPS) is 16.4. The highest BCUT2D eigenvalue weighted by atomic mass is 79.9. The van der Waals surface area contributed by atoms with E-state index >= 15 is 0 Å². The summed E-state index contributed by atoms with van der Waals surface area (Å²) in [5, 5.41) is 0.976. The highest BCUT2D eigenvalue weighted by Gasteiger charge is 2.26. The highest BCUT2D eigenvalue weighted by Crippen LogP contribution is 2.41. The first-order valence-corrected chi connectivity index (χ1v) is 5.51. The van der Waals surface area contributed by atoms with Crippen LogP contribution in [0.5, 0.6) is 0 Å². The first kappa shape index (κ1) is 8.48. The Kier molecular flexibility index (Phi) is 1.71. The van der Waals surface area contributed by atoms with Crippen molar-refractivity contribution in [2.75, 3.05) is 0 Å². The second kappa shape index (κ2) is 2.83. The second-order valence-corrected chi connectivity index (χ2v) is 4.58. The van der Waals surface area contributed by atoms with Gasteiger partial charge in [-0.05, 0) is 53.0 Å². The summed E-state index contributed by atoms with van der Waals surface area (Å²) in [6, 6.07) is 7.56. The van der Waals surface area contributed by atoms with Crippen molar-refractivity contribution in [1.82, 2.24) is 4.57 Å². The van der Waals surface area contributed by atoms with Crippen LogP contribution in [0.1, 0.15) is 18.9 Å². The third kappa shape index (κ3) is 1.19. The molecular formula is C11H9BrFN. The molecule has 1 aromatic carbocycles. The van der Waals surface area contributed by atoms with Gasteiger partial charge in [-0.25, -0.2) is 4.39 Å². The van der Waals surface area contributed by atoms with E-state index in [-0.39, 0.29) is 5.82 Å². The molecule has 1 aliphatic rings. The molecular weight excluding hydrogens is 245 g/mol. The molecule has 3 rings (SSSR count). The molecule has 0 saturated heterocycles. The minimum Gasteiger partial charge on any atom is -0.332 e. The predicted octanol–water partition coefficient (Wildman–Crippen LogP) is 3.88. The molecule has 1 saturated carbocycles. The zero-order valence-corrected chi connectivity index (χ0v) is 9.09. The van der Waals surface area contributed by atoms with Crippen molar-refractivity contribution >= 4 is 26.8 Å². The first-order chi connectivity index (χ1) is 6.75. The monoisotopic (exact) mass is 253 g/mol. The smallest absolute Gasteiger partial charge is 0.123 e. The predicted molar refractivity (Wildman–Crippen MR) is 57.9 cm³/mol. The molecule has 1 nitrogen and oxygen atoms in total. The lowest BCUT2D eigenvalue weighted by atomic mass is 10.2. The topological polar surface area (TPSA) is 4.93 Å². The van der Waals surface area contributed by atoms with Crippen molar-refractivity contribution in [3.63, 3.8) is 0 Å². The van der Waals surface area contributed by atoms with Crippen molar-refractivity contribution < 1.29 is 4.39 Å². The number of halogens is 2. The van der Waals surface area contributed by atoms with E-state index in [2.05, 4.69) is 20.5 Å². The van der Waals surface area contributed by atoms with Crippen LogP contribution < -0.4 is 0 Å². The van der Waals surface area contributed by atoms with Crippen LogP contribution in [0.3, 0.4) is 0 Å². The van der Waals surface area contributed by atoms with E-state index in [1.807, 2.05) is 12.1 Å². The van der Waals surface area contributed by atoms with Gasteiger partial charge in [0.15, 0.2) is 0 Å². The van der Waals surface area contributed by atoms with Gasteiger partial charge in [0.25, 0.3) is 0 Å². The Morgan fingerprint density at radius 3 is 2.79 bits per heavy atom. The summed E-state index contributed by atoms with van der Waals surface area (Å²) in [6.07, 6.45) is 2.47. The summed E-state index contributed by atoms with van der Waals surface area (Å²) < 4.78 is 16.3. The van der Waals surface area contributed by atoms with Gasteiger partial charge in [0.1, 0.15) is 5.82 Å². The molecule has 2 aromatic rings. The molecule has 1 aliphatic carbocycles. The molecule has 1 heterocycles. The molecule has 0 amide bonds. The maximum Gasteiger partial charge on any atom is 0.123 e. The van der Waals surface area contributed by atoms with E-state index in [1.54, 1.807) is 6.07 Å². The van der Waals surface area contributed by atoms with Crippen LogP contribution in [-0.4, -0.2) is 4.57 Å². The zero-order chi connectivity index (χ0) is 9.71. The van der Waals surface area contributed by atoms with Gasteiger partial charge in [-0.2, -0.15) is 0 Å². The van der Waals surface area contributed by atoms with Crippen LogP contribution in [0, 0.1) is 5.82 Å². The average molecular weight is 254 g/mol. The largest absolute Gasteiger partial charge is 0.332 e. The maximum atomic E-state index is 13.0. The molecule has 0 atom stereocenters. The Hall–Kier alpha value is -0.830. The van der Waals surface area contributed by atoms with Gasteiger partial charge < -0.3 is 4.57 Å². The summed E-state index contributed by atoms with van der Waals surface area (Å²) in [5.74, 6) is -0.169. The van der Waals surface area contributed by atoms with E-state index in [1.165, 1.54) is 18.9 Å². The summed E-state index contributed by atoms with van der Waals surface area (Å²) in [6.45, 7) is 0. The molecule has 3 heteroatoms. The molecule has 0 radical (unpaired) electrons. The van der Waals surface area contributed by atoms with Crippen molar-refractivity contribution in [2.24, 2.45) is 0 Å². The standard InChI is InChI=1S/C11H9BrFN/c12-11-6-7-5-8(13)1-4-10(7)14(11)9-2-3-9/h1,4-6,9H,2-3H2. The molecule has 0 aliphatic heterocycles. The molecule has 1 fully saturated rings. The molecule has 72 valence electrons. The second-order valence-electron chi connectivity index (χ2n) is 3.77. The minimum atomic E-state index is -0.169. The Balaban J connectivity index is 2.32. The Labute approximate surface area is 89.7 Å². The quantitative estimate of drug-likeness (QED) is 0.727. The van der Waals surface area contributed by atoms with Crippen molar-refractivity contribution in [3.05, 3.63) is 34.7 Å². The van der Waals surface area contributed by atoms with Gasteiger partial charge >= 0.3 is 0 Å². The summed E-state index contributed by atoms with van der Waals surface area (Å²) in [5.41, 5.74) is 1.13. The fraction of sp³-hybridized carbons (Fsp3) is 0.273. The molecule has 0 bridgehead atoms. The fourth-order valence-corrected chi connectivity index (χ4v) is 2.60. The molecule has 0 N–H and O–H groups in total. The van der Waals surface area contributed by atoms with E-state index in [0.717, 1.165) is 15.5 Å². The summed E-state index contributed by atoms with van der Waals surface area (Å²) in [7, 11) is 0. The van der Waals surface area contributed by atoms with Gasteiger partial charge in [-0.15, -0.1) is 0 Å². The zero-order valence-electron chi connectivity index (χ0n) is 7.50. The number of nitrogens with zero attached hydrogens (tertiary/aromatic N) is 1. The van der Waals surface area contributed by atoms with Crippen molar-refractivity contribution in [1.29, 1.82) is 0 Å². The number of hydrogen-bond acceptors (Lipinski definition) is 0. The fourth-order valence-electron chi connectivity index (χ4n) is 1.88. The lowest BCUT2D eigenvalue weighted by Crippen LogP contribution is -1.92. The van der Waals surface area contributed by atoms with E-state index in [4.69, 9.17) is 0 Å². The van der Waals surface area contributed by atoms with E-state index in [0.29, 0.717) is 6.04 Å². The Morgan fingerprint density at radius 1 is 1.29 bits per heavy atom. The first-order valence-electron chi connectivity index (χ1n) is 4.72. The van der Waals surface area contributed by atoms with Crippen molar-refractivity contribution in [2.45, 2.75) is 18.9 Å². The van der Waals surface area contributed by atoms with E-state index < -0.39 is 0 Å². The van der Waals surface area contributed by atoms with Crippen LogP contribution >= 0.6 is 15.9 Å². The van der Waals surface area contributed by atoms with Crippen LogP contribution in [0.25, 0.3) is 10.9 Å². The van der Waals surface area contributed by atoms with Gasteiger partial charge in [-0.3, -0.25) is 0 Å². The summed E-state index contributed by atoms with van der Waals surface area (Å²) in [4.78, 5) is 0. The van der Waals surface area contributed by atoms with Crippen LogP contribution in [0.15, 0.2) is 28.9 Å². The maximum absolute atomic E-state index is 13.0. The minimum absolute atomic E-state index is 0.169. The van der Waals surface area contributed by atoms with Gasteiger partial charge in [0.05, 0.1) is 4.60 Å². The number of rotatable bonds is 1. The van der Waals surface area contributed by atoms with Gasteiger partial charge in [0, 0.05) is 16.9 Å². The van der Waals surface area contributed by atoms with Gasteiger partial charge in [-0.1, -0.05) is 0 Å². The Morgan fingerprint density at radius 2 is 2.07 bits per heavy atom. The summed E-state index contributed by atoms with van der Waals surface area (Å²) >= 11 is 3.52. The third-order valence-electron chi connectivity index (χ3n) is 2.67. The van der Waals surface area contributed by atoms with Crippen LogP contribution in [-0.2, 0) is 0 Å². The lowest BCUT2D eigenvalue weighted by molar-refractivity contribution is 0.629. The highest BCUT2D eigenvalue weighted by molar-refractivity contribution is 9.10. The molecule has 0 spiro atoms. The molecule has 1 aromatic heterocycles. The number of hydrogen-bond donors (Lipinski definition) is 0. The van der Waals surface area contributed by atoms with Crippen LogP contribution in [0.4, 0.5) is 4.39 Å². The van der Waals surface area contributed by atoms with Crippen molar-refractivity contribution in [3.8, 4) is 0 Å². The van der Waals surface area contributed by atoms with E-state index in [9.17, 15) is 4.39 Å². The number of aromatic nitrogens is 1. The number of fused-ring (bicyclic) bond motifs is 1.